The lowest BCUT2D eigenvalue weighted by Crippen LogP contribution is -2.19. The van der Waals surface area contributed by atoms with Gasteiger partial charge in [0.15, 0.2) is 22.6 Å². The smallest absolute Gasteiger partial charge is 0.236 e. The molecule has 0 unspecified atom stereocenters. The molecule has 8 heteroatoms. The molecule has 1 saturated heterocycles. The maximum atomic E-state index is 13.6. The number of nitrogens with one attached hydrogen (secondary N) is 1. The summed E-state index contributed by atoms with van der Waals surface area (Å²) in [6, 6.07) is 2.19. The van der Waals surface area contributed by atoms with Gasteiger partial charge < -0.3 is 10.1 Å². The maximum Gasteiger partial charge on any atom is 0.236 e. The van der Waals surface area contributed by atoms with Crippen molar-refractivity contribution in [2.24, 2.45) is 10.2 Å². The van der Waals surface area contributed by atoms with Crippen LogP contribution in [0.25, 0.3) is 0 Å². The third kappa shape index (κ3) is 3.53. The largest absolute Gasteiger partial charge is 0.488 e. The van der Waals surface area contributed by atoms with Crippen LogP contribution >= 0.6 is 11.8 Å². The molecular weight excluding hydrogens is 288 g/mol. The van der Waals surface area contributed by atoms with E-state index in [-0.39, 0.29) is 18.1 Å². The highest BCUT2D eigenvalue weighted by Crippen LogP contribution is 2.22. The number of amidine groups is 1. The maximum absolute atomic E-state index is 13.6. The quantitative estimate of drug-likeness (QED) is 0.682. The predicted octanol–water partition coefficient (Wildman–Crippen LogP) is 1.92. The lowest BCUT2D eigenvalue weighted by atomic mass is 10.2. The molecule has 1 aromatic carbocycles. The van der Waals surface area contributed by atoms with Crippen LogP contribution in [0.1, 0.15) is 12.5 Å². The Morgan fingerprint density at radius 1 is 1.45 bits per heavy atom. The van der Waals surface area contributed by atoms with Gasteiger partial charge in [0.05, 0.1) is 18.6 Å². The normalized spacial score (nSPS) is 16.9. The van der Waals surface area contributed by atoms with E-state index in [1.807, 2.05) is 0 Å². The summed E-state index contributed by atoms with van der Waals surface area (Å²) in [5.41, 5.74) is 0.210. The second kappa shape index (κ2) is 6.47. The fourth-order valence-electron chi connectivity index (χ4n) is 1.46. The number of hydrogen-bond donors (Lipinski definition) is 1. The van der Waals surface area contributed by atoms with Crippen LogP contribution in [0.2, 0.25) is 0 Å². The van der Waals surface area contributed by atoms with Crippen molar-refractivity contribution < 1.29 is 18.3 Å². The zero-order chi connectivity index (χ0) is 14.5. The van der Waals surface area contributed by atoms with E-state index in [0.717, 1.165) is 12.1 Å². The van der Waals surface area contributed by atoms with Gasteiger partial charge in [-0.3, -0.25) is 4.79 Å². The van der Waals surface area contributed by atoms with Crippen LogP contribution in [0.15, 0.2) is 22.3 Å². The monoisotopic (exact) mass is 299 g/mol. The van der Waals surface area contributed by atoms with E-state index < -0.39 is 17.4 Å². The Morgan fingerprint density at radius 3 is 2.70 bits per heavy atom. The Balaban J connectivity index is 2.12. The summed E-state index contributed by atoms with van der Waals surface area (Å²) in [6.45, 7) is 1.81. The number of nitrogens with zero attached hydrogens (tertiary/aromatic N) is 2. The van der Waals surface area contributed by atoms with E-state index in [1.54, 1.807) is 6.92 Å². The van der Waals surface area contributed by atoms with Gasteiger partial charge in [0.25, 0.3) is 0 Å². The van der Waals surface area contributed by atoms with Crippen molar-refractivity contribution in [2.45, 2.75) is 6.92 Å². The number of carbonyl (C=O) groups is 1. The first-order valence-electron chi connectivity index (χ1n) is 5.75. The summed E-state index contributed by atoms with van der Waals surface area (Å²) >= 11 is 1.21. The van der Waals surface area contributed by atoms with Gasteiger partial charge in [-0.2, -0.15) is 5.10 Å². The molecular formula is C12H11F2N3O2S. The summed E-state index contributed by atoms with van der Waals surface area (Å²) in [7, 11) is 0. The molecule has 1 aromatic rings. The second-order valence-corrected chi connectivity index (χ2v) is 4.70. The molecule has 2 rings (SSSR count). The van der Waals surface area contributed by atoms with Gasteiger partial charge in [0, 0.05) is 5.56 Å². The number of carbonyl (C=O) groups excluding carboxylic acids is 1. The number of ether oxygens (including phenoxy) is 1. The molecule has 1 heterocycles. The number of thioether (sulfide) groups is 1. The van der Waals surface area contributed by atoms with Crippen molar-refractivity contribution in [2.75, 3.05) is 12.4 Å². The molecule has 20 heavy (non-hydrogen) atoms. The van der Waals surface area contributed by atoms with Gasteiger partial charge in [0.1, 0.15) is 0 Å². The minimum atomic E-state index is -0.801. The highest BCUT2D eigenvalue weighted by atomic mass is 32.2. The molecule has 0 aliphatic carbocycles. The molecule has 1 aliphatic rings. The molecule has 0 atom stereocenters. The topological polar surface area (TPSA) is 63.1 Å². The van der Waals surface area contributed by atoms with Crippen LogP contribution in [0.3, 0.4) is 0 Å². The van der Waals surface area contributed by atoms with Crippen LogP contribution in [-0.2, 0) is 4.79 Å². The molecule has 1 fully saturated rings. The first-order valence-corrected chi connectivity index (χ1v) is 6.74. The van der Waals surface area contributed by atoms with Gasteiger partial charge in [-0.1, -0.05) is 11.8 Å². The Hall–Kier alpha value is -1.96. The zero-order valence-corrected chi connectivity index (χ0v) is 11.3. The fourth-order valence-corrected chi connectivity index (χ4v) is 2.09. The molecule has 0 radical (unpaired) electrons. The molecule has 1 amide bonds. The van der Waals surface area contributed by atoms with Gasteiger partial charge >= 0.3 is 0 Å². The van der Waals surface area contributed by atoms with Crippen molar-refractivity contribution in [1.29, 1.82) is 0 Å². The van der Waals surface area contributed by atoms with Gasteiger partial charge in [-0.15, -0.1) is 5.10 Å². The molecule has 0 bridgehead atoms. The van der Waals surface area contributed by atoms with Crippen LogP contribution in [0.5, 0.6) is 5.75 Å². The highest BCUT2D eigenvalue weighted by molar-refractivity contribution is 8.15. The number of hydrogen-bond acceptors (Lipinski definition) is 5. The second-order valence-electron chi connectivity index (χ2n) is 3.73. The summed E-state index contributed by atoms with van der Waals surface area (Å²) in [5.74, 6) is -1.87. The van der Waals surface area contributed by atoms with Crippen LogP contribution in [-0.4, -0.2) is 29.6 Å². The van der Waals surface area contributed by atoms with E-state index >= 15 is 0 Å². The molecule has 1 N–H and O–H groups in total. The minimum Gasteiger partial charge on any atom is -0.488 e. The highest BCUT2D eigenvalue weighted by Gasteiger charge is 2.16. The molecule has 0 aromatic heterocycles. The number of rotatable bonds is 4. The van der Waals surface area contributed by atoms with E-state index in [1.165, 1.54) is 18.0 Å². The summed E-state index contributed by atoms with van der Waals surface area (Å²) in [4.78, 5) is 10.9. The Labute approximate surface area is 118 Å². The van der Waals surface area contributed by atoms with Crippen molar-refractivity contribution in [3.8, 4) is 5.75 Å². The third-order valence-electron chi connectivity index (χ3n) is 2.25. The summed E-state index contributed by atoms with van der Waals surface area (Å²) in [6.07, 6.45) is 1.19. The van der Waals surface area contributed by atoms with Crippen molar-refractivity contribution in [3.05, 3.63) is 29.3 Å². The van der Waals surface area contributed by atoms with Crippen LogP contribution < -0.4 is 10.1 Å². The summed E-state index contributed by atoms with van der Waals surface area (Å²) < 4.78 is 32.0. The standard InChI is InChI=1S/C12H11F2N3O2S/c1-2-19-11-8(13)3-7(4-9(11)14)5-15-17-12-16-10(18)6-20-12/h3-5H,2,6H2,1H3,(H,16,17,18). The van der Waals surface area contributed by atoms with Gasteiger partial charge in [-0.05, 0) is 19.1 Å². The van der Waals surface area contributed by atoms with Gasteiger partial charge in [0.2, 0.25) is 5.91 Å². The summed E-state index contributed by atoms with van der Waals surface area (Å²) in [5, 5.41) is 10.2. The predicted molar refractivity (Wildman–Crippen MR) is 73.2 cm³/mol. The Kier molecular flexibility index (Phi) is 4.67. The molecule has 106 valence electrons. The van der Waals surface area contributed by atoms with Crippen LogP contribution in [0.4, 0.5) is 8.78 Å². The third-order valence-corrected chi connectivity index (χ3v) is 3.11. The first kappa shape index (κ1) is 14.4. The fraction of sp³-hybridized carbons (Fsp3) is 0.250. The van der Waals surface area contributed by atoms with Crippen molar-refractivity contribution in [3.63, 3.8) is 0 Å². The number of amides is 1. The first-order chi connectivity index (χ1) is 9.60. The molecule has 0 spiro atoms. The van der Waals surface area contributed by atoms with Crippen molar-refractivity contribution >= 4 is 29.1 Å². The number of halogens is 2. The van der Waals surface area contributed by atoms with Crippen LogP contribution in [0, 0.1) is 11.6 Å². The number of benzene rings is 1. The van der Waals surface area contributed by atoms with Crippen molar-refractivity contribution in [1.82, 2.24) is 5.32 Å². The van der Waals surface area contributed by atoms with E-state index in [2.05, 4.69) is 15.5 Å². The zero-order valence-electron chi connectivity index (χ0n) is 10.5. The van der Waals surface area contributed by atoms with Gasteiger partial charge in [-0.25, -0.2) is 8.78 Å². The molecule has 5 nitrogen and oxygen atoms in total. The lowest BCUT2D eigenvalue weighted by Gasteiger charge is -2.06. The van der Waals surface area contributed by atoms with E-state index in [4.69, 9.17) is 4.74 Å². The molecule has 0 saturated carbocycles. The van der Waals surface area contributed by atoms with E-state index in [0.29, 0.717) is 10.9 Å². The SMILES string of the molecule is CCOc1c(F)cc(C=NN=C2NC(=O)CS2)cc1F. The Bertz CT molecular complexity index is 567. The lowest BCUT2D eigenvalue weighted by molar-refractivity contribution is -0.116. The average molecular weight is 299 g/mol. The van der Waals surface area contributed by atoms with E-state index in [9.17, 15) is 13.6 Å². The average Bonchev–Trinajstić information content (AvgIpc) is 2.80. The molecule has 1 aliphatic heterocycles. The Morgan fingerprint density at radius 2 is 2.15 bits per heavy atom. The minimum absolute atomic E-state index is 0.151.